The van der Waals surface area contributed by atoms with Gasteiger partial charge in [0.1, 0.15) is 12.4 Å². The Labute approximate surface area is 127 Å². The molecule has 0 fully saturated rings. The first kappa shape index (κ1) is 14.0. The molecule has 0 radical (unpaired) electrons. The van der Waals surface area contributed by atoms with Gasteiger partial charge in [-0.15, -0.1) is 0 Å². The van der Waals surface area contributed by atoms with Crippen LogP contribution in [0.2, 0.25) is 0 Å². The third kappa shape index (κ3) is 3.04. The molecule has 2 heterocycles. The Morgan fingerprint density at radius 2 is 2.18 bits per heavy atom. The standard InChI is InChI=1S/C16H13FN4O/c17-14-3-1-12(2-4-14)11-22-16-6-8-20-21(16)15-9-13(10-18)5-7-19-15/h1,3,5-9H,2,4,11H2. The monoisotopic (exact) mass is 296 g/mol. The van der Waals surface area contributed by atoms with Gasteiger partial charge in [0.05, 0.1) is 17.8 Å². The summed E-state index contributed by atoms with van der Waals surface area (Å²) in [7, 11) is 0. The number of nitrogens with zero attached hydrogens (tertiary/aromatic N) is 4. The molecule has 1 aliphatic rings. The summed E-state index contributed by atoms with van der Waals surface area (Å²) in [5, 5.41) is 13.1. The quantitative estimate of drug-likeness (QED) is 0.869. The van der Waals surface area contributed by atoms with Crippen molar-refractivity contribution in [1.29, 1.82) is 5.26 Å². The number of ether oxygens (including phenoxy) is 1. The van der Waals surface area contributed by atoms with E-state index in [1.54, 1.807) is 36.7 Å². The van der Waals surface area contributed by atoms with Crippen LogP contribution >= 0.6 is 0 Å². The molecular formula is C16H13FN4O. The largest absolute Gasteiger partial charge is 0.473 e. The summed E-state index contributed by atoms with van der Waals surface area (Å²) in [6, 6.07) is 7.05. The Kier molecular flexibility index (Phi) is 3.97. The van der Waals surface area contributed by atoms with Crippen LogP contribution in [-0.4, -0.2) is 21.4 Å². The molecule has 0 atom stereocenters. The van der Waals surface area contributed by atoms with Crippen LogP contribution in [0.25, 0.3) is 5.82 Å². The first-order chi connectivity index (χ1) is 10.8. The molecule has 1 aliphatic carbocycles. The van der Waals surface area contributed by atoms with Gasteiger partial charge in [-0.3, -0.25) is 0 Å². The molecule has 0 aromatic carbocycles. The lowest BCUT2D eigenvalue weighted by Crippen LogP contribution is -2.08. The molecule has 3 rings (SSSR count). The Balaban J connectivity index is 1.76. The van der Waals surface area contributed by atoms with Crippen molar-refractivity contribution >= 4 is 0 Å². The fraction of sp³-hybridized carbons (Fsp3) is 0.188. The van der Waals surface area contributed by atoms with Gasteiger partial charge in [-0.1, -0.05) is 6.08 Å². The second kappa shape index (κ2) is 6.22. The first-order valence-electron chi connectivity index (χ1n) is 6.84. The summed E-state index contributed by atoms with van der Waals surface area (Å²) < 4.78 is 20.2. The number of nitriles is 1. The van der Waals surface area contributed by atoms with Crippen molar-refractivity contribution in [2.45, 2.75) is 12.8 Å². The van der Waals surface area contributed by atoms with E-state index in [2.05, 4.69) is 16.2 Å². The molecule has 0 saturated heterocycles. The van der Waals surface area contributed by atoms with Crippen molar-refractivity contribution < 1.29 is 9.13 Å². The number of halogens is 1. The van der Waals surface area contributed by atoms with Crippen LogP contribution < -0.4 is 4.74 Å². The first-order valence-corrected chi connectivity index (χ1v) is 6.84. The maximum Gasteiger partial charge on any atom is 0.218 e. The summed E-state index contributed by atoms with van der Waals surface area (Å²) in [4.78, 5) is 4.19. The summed E-state index contributed by atoms with van der Waals surface area (Å²) in [5.74, 6) is 0.937. The maximum absolute atomic E-state index is 13.0. The van der Waals surface area contributed by atoms with Gasteiger partial charge >= 0.3 is 0 Å². The van der Waals surface area contributed by atoms with Crippen molar-refractivity contribution in [2.75, 3.05) is 6.61 Å². The molecule has 0 spiro atoms. The molecule has 0 unspecified atom stereocenters. The molecule has 0 aliphatic heterocycles. The van der Waals surface area contributed by atoms with Crippen LogP contribution in [0.15, 0.2) is 54.1 Å². The number of hydrogen-bond donors (Lipinski definition) is 0. The molecule has 0 saturated carbocycles. The zero-order valence-corrected chi connectivity index (χ0v) is 11.7. The van der Waals surface area contributed by atoms with E-state index in [-0.39, 0.29) is 5.83 Å². The Morgan fingerprint density at radius 1 is 1.27 bits per heavy atom. The average Bonchev–Trinajstić information content (AvgIpc) is 3.03. The summed E-state index contributed by atoms with van der Waals surface area (Å²) in [5.41, 5.74) is 1.52. The van der Waals surface area contributed by atoms with Gasteiger partial charge in [-0.25, -0.2) is 9.37 Å². The lowest BCUT2D eigenvalue weighted by atomic mass is 10.1. The highest BCUT2D eigenvalue weighted by Gasteiger charge is 2.11. The van der Waals surface area contributed by atoms with Crippen LogP contribution in [0, 0.1) is 11.3 Å². The normalized spacial score (nSPS) is 14.0. The number of rotatable bonds is 4. The fourth-order valence-corrected chi connectivity index (χ4v) is 2.12. The van der Waals surface area contributed by atoms with E-state index in [4.69, 9.17) is 10.00 Å². The highest BCUT2D eigenvalue weighted by atomic mass is 19.1. The van der Waals surface area contributed by atoms with E-state index in [1.165, 1.54) is 10.8 Å². The average molecular weight is 296 g/mol. The van der Waals surface area contributed by atoms with Crippen LogP contribution in [0.3, 0.4) is 0 Å². The molecule has 2 aromatic rings. The van der Waals surface area contributed by atoms with Gasteiger partial charge in [0.25, 0.3) is 0 Å². The van der Waals surface area contributed by atoms with E-state index in [0.717, 1.165) is 5.57 Å². The molecule has 22 heavy (non-hydrogen) atoms. The molecule has 2 aromatic heterocycles. The van der Waals surface area contributed by atoms with Gasteiger partial charge in [0.2, 0.25) is 5.88 Å². The highest BCUT2D eigenvalue weighted by Crippen LogP contribution is 2.21. The van der Waals surface area contributed by atoms with E-state index in [0.29, 0.717) is 36.7 Å². The molecule has 0 bridgehead atoms. The molecular weight excluding hydrogens is 283 g/mol. The van der Waals surface area contributed by atoms with Gasteiger partial charge in [-0.05, 0) is 24.1 Å². The number of allylic oxidation sites excluding steroid dienone is 3. The van der Waals surface area contributed by atoms with Crippen molar-refractivity contribution in [2.24, 2.45) is 0 Å². The van der Waals surface area contributed by atoms with Crippen molar-refractivity contribution in [3.8, 4) is 17.8 Å². The summed E-state index contributed by atoms with van der Waals surface area (Å²) in [6.07, 6.45) is 7.44. The smallest absolute Gasteiger partial charge is 0.218 e. The molecule has 110 valence electrons. The minimum atomic E-state index is -0.105. The highest BCUT2D eigenvalue weighted by molar-refractivity contribution is 5.37. The number of pyridine rings is 1. The van der Waals surface area contributed by atoms with Crippen molar-refractivity contribution in [1.82, 2.24) is 14.8 Å². The predicted octanol–water partition coefficient (Wildman–Crippen LogP) is 3.09. The zero-order valence-electron chi connectivity index (χ0n) is 11.7. The number of aromatic nitrogens is 3. The van der Waals surface area contributed by atoms with Crippen LogP contribution in [0.1, 0.15) is 18.4 Å². The third-order valence-corrected chi connectivity index (χ3v) is 3.29. The second-order valence-electron chi connectivity index (χ2n) is 4.82. The van der Waals surface area contributed by atoms with Gasteiger partial charge in [0, 0.05) is 24.8 Å². The maximum atomic E-state index is 13.0. The molecule has 0 amide bonds. The van der Waals surface area contributed by atoms with E-state index in [1.807, 2.05) is 0 Å². The topological polar surface area (TPSA) is 63.7 Å². The van der Waals surface area contributed by atoms with Crippen LogP contribution in [0.4, 0.5) is 4.39 Å². The summed E-state index contributed by atoms with van der Waals surface area (Å²) >= 11 is 0. The van der Waals surface area contributed by atoms with Gasteiger partial charge in [-0.2, -0.15) is 15.0 Å². The Hall–Kier alpha value is -2.94. The van der Waals surface area contributed by atoms with Crippen molar-refractivity contribution in [3.05, 3.63) is 59.7 Å². The molecule has 5 nitrogen and oxygen atoms in total. The molecule has 6 heteroatoms. The van der Waals surface area contributed by atoms with Crippen molar-refractivity contribution in [3.63, 3.8) is 0 Å². The van der Waals surface area contributed by atoms with Gasteiger partial charge < -0.3 is 4.74 Å². The minimum absolute atomic E-state index is 0.105. The summed E-state index contributed by atoms with van der Waals surface area (Å²) in [6.45, 7) is 0.368. The third-order valence-electron chi connectivity index (χ3n) is 3.29. The van der Waals surface area contributed by atoms with E-state index in [9.17, 15) is 4.39 Å². The minimum Gasteiger partial charge on any atom is -0.473 e. The zero-order chi connectivity index (χ0) is 15.4. The van der Waals surface area contributed by atoms with E-state index >= 15 is 0 Å². The van der Waals surface area contributed by atoms with Gasteiger partial charge in [0.15, 0.2) is 5.82 Å². The predicted molar refractivity (Wildman–Crippen MR) is 78.1 cm³/mol. The number of hydrogen-bond acceptors (Lipinski definition) is 4. The SMILES string of the molecule is N#Cc1ccnc(-n2nccc2OCC2=CC=C(F)CC2)c1. The van der Waals surface area contributed by atoms with Crippen LogP contribution in [-0.2, 0) is 0 Å². The Bertz CT molecular complexity index is 785. The van der Waals surface area contributed by atoms with Crippen LogP contribution in [0.5, 0.6) is 5.88 Å². The lowest BCUT2D eigenvalue weighted by molar-refractivity contribution is 0.321. The second-order valence-corrected chi connectivity index (χ2v) is 4.82. The Morgan fingerprint density at radius 3 is 2.95 bits per heavy atom. The lowest BCUT2D eigenvalue weighted by Gasteiger charge is -2.12. The fourth-order valence-electron chi connectivity index (χ4n) is 2.12. The van der Waals surface area contributed by atoms with E-state index < -0.39 is 0 Å². The molecule has 0 N–H and O–H groups in total.